The lowest BCUT2D eigenvalue weighted by Crippen LogP contribution is -2.44. The van der Waals surface area contributed by atoms with Crippen LogP contribution in [0.1, 0.15) is 12.5 Å². The summed E-state index contributed by atoms with van der Waals surface area (Å²) in [6.45, 7) is 5.72. The van der Waals surface area contributed by atoms with E-state index in [4.69, 9.17) is 21.1 Å². The number of rotatable bonds is 9. The summed E-state index contributed by atoms with van der Waals surface area (Å²) < 4.78 is 11.4. The van der Waals surface area contributed by atoms with E-state index in [1.807, 2.05) is 36.4 Å². The number of hydrogen-bond acceptors (Lipinski definition) is 9. The molecule has 0 radical (unpaired) electrons. The Morgan fingerprint density at radius 3 is 2.54 bits per heavy atom. The number of methoxy groups -OCH3 is 2. The second kappa shape index (κ2) is 12.0. The number of ether oxygens (including phenoxy) is 2. The third-order valence-electron chi connectivity index (χ3n) is 6.04. The Labute approximate surface area is 221 Å². The number of carbonyl (C=O) groups is 1. The van der Waals surface area contributed by atoms with E-state index in [1.54, 1.807) is 14.2 Å². The number of anilines is 5. The van der Waals surface area contributed by atoms with Gasteiger partial charge in [0, 0.05) is 57.5 Å². The largest absolute Gasteiger partial charge is 0.494 e. The van der Waals surface area contributed by atoms with Crippen LogP contribution in [-0.4, -0.2) is 68.2 Å². The molecule has 2 heterocycles. The van der Waals surface area contributed by atoms with Crippen molar-refractivity contribution in [2.24, 2.45) is 0 Å². The van der Waals surface area contributed by atoms with Gasteiger partial charge in [-0.2, -0.15) is 4.98 Å². The molecular weight excluding hydrogens is 494 g/mol. The van der Waals surface area contributed by atoms with Crippen molar-refractivity contribution in [3.05, 3.63) is 53.2 Å². The van der Waals surface area contributed by atoms with Gasteiger partial charge in [0.05, 0.1) is 31.8 Å². The van der Waals surface area contributed by atoms with Crippen molar-refractivity contribution < 1.29 is 14.3 Å². The molecule has 0 aliphatic carbocycles. The number of carbonyl (C=O) groups excluding carboxylic acids is 1. The molecule has 0 saturated carbocycles. The number of aromatic nitrogens is 2. The number of halogens is 1. The minimum Gasteiger partial charge on any atom is -0.494 e. The molecule has 1 aliphatic rings. The van der Waals surface area contributed by atoms with E-state index in [0.29, 0.717) is 34.8 Å². The van der Waals surface area contributed by atoms with Gasteiger partial charge in [0.15, 0.2) is 5.82 Å². The maximum absolute atomic E-state index is 11.3. The molecule has 1 aliphatic heterocycles. The van der Waals surface area contributed by atoms with E-state index >= 15 is 0 Å². The molecule has 3 N–H and O–H groups in total. The average Bonchev–Trinajstić information content (AvgIpc) is 2.89. The molecule has 0 spiro atoms. The topological polar surface area (TPSA) is 104 Å². The number of benzene rings is 2. The molecule has 0 unspecified atom stereocenters. The molecule has 4 rings (SSSR count). The van der Waals surface area contributed by atoms with Crippen LogP contribution in [0.25, 0.3) is 0 Å². The van der Waals surface area contributed by atoms with Gasteiger partial charge in [-0.15, -0.1) is 0 Å². The molecule has 1 aromatic heterocycles. The van der Waals surface area contributed by atoms with Crippen LogP contribution in [0.3, 0.4) is 0 Å². The second-order valence-electron chi connectivity index (χ2n) is 8.76. The molecule has 1 fully saturated rings. The predicted molar refractivity (Wildman–Crippen MR) is 148 cm³/mol. The van der Waals surface area contributed by atoms with Gasteiger partial charge in [-0.25, -0.2) is 4.98 Å². The standard InChI is InChI=1S/C26H32ClN7O3/c1-17(35)30-19-7-5-6-18(12-19)15-28-25-20(27)16-29-26(32-25)31-21-13-24(37-4)22(14-23(21)36-3)34-10-8-33(2)9-11-34/h5-7,12-14,16H,8-11,15H2,1-4H3,(H,30,35)(H2,28,29,31,32). The molecule has 0 bridgehead atoms. The van der Waals surface area contributed by atoms with Crippen molar-refractivity contribution in [1.82, 2.24) is 14.9 Å². The van der Waals surface area contributed by atoms with Crippen LogP contribution in [0.5, 0.6) is 11.5 Å². The molecule has 1 saturated heterocycles. The summed E-state index contributed by atoms with van der Waals surface area (Å²) in [7, 11) is 5.42. The minimum atomic E-state index is -0.122. The Balaban J connectivity index is 1.52. The fourth-order valence-electron chi connectivity index (χ4n) is 4.09. The van der Waals surface area contributed by atoms with Crippen LogP contribution in [0.4, 0.5) is 28.8 Å². The monoisotopic (exact) mass is 525 g/mol. The van der Waals surface area contributed by atoms with Crippen LogP contribution in [0, 0.1) is 0 Å². The van der Waals surface area contributed by atoms with Crippen LogP contribution in [0.2, 0.25) is 5.02 Å². The lowest BCUT2D eigenvalue weighted by atomic mass is 10.2. The molecular formula is C26H32ClN7O3. The highest BCUT2D eigenvalue weighted by molar-refractivity contribution is 6.32. The summed E-state index contributed by atoms with van der Waals surface area (Å²) in [5.41, 5.74) is 3.35. The van der Waals surface area contributed by atoms with E-state index in [9.17, 15) is 4.79 Å². The van der Waals surface area contributed by atoms with Gasteiger partial charge >= 0.3 is 0 Å². The van der Waals surface area contributed by atoms with Crippen molar-refractivity contribution in [3.8, 4) is 11.5 Å². The number of amides is 1. The summed E-state index contributed by atoms with van der Waals surface area (Å²) in [6.07, 6.45) is 1.54. The van der Waals surface area contributed by atoms with Gasteiger partial charge in [-0.3, -0.25) is 4.79 Å². The predicted octanol–water partition coefficient (Wildman–Crippen LogP) is 4.21. The number of hydrogen-bond donors (Lipinski definition) is 3. The zero-order valence-corrected chi connectivity index (χ0v) is 22.2. The third kappa shape index (κ3) is 6.72. The first-order valence-electron chi connectivity index (χ1n) is 12.0. The van der Waals surface area contributed by atoms with Gasteiger partial charge in [0.1, 0.15) is 16.5 Å². The normalized spacial score (nSPS) is 13.7. The van der Waals surface area contributed by atoms with Gasteiger partial charge < -0.3 is 35.2 Å². The maximum atomic E-state index is 11.3. The van der Waals surface area contributed by atoms with E-state index < -0.39 is 0 Å². The van der Waals surface area contributed by atoms with Crippen molar-refractivity contribution in [1.29, 1.82) is 0 Å². The van der Waals surface area contributed by atoms with Gasteiger partial charge in [0.2, 0.25) is 11.9 Å². The Morgan fingerprint density at radius 2 is 1.84 bits per heavy atom. The second-order valence-corrected chi connectivity index (χ2v) is 9.17. The quantitative estimate of drug-likeness (QED) is 0.379. The first kappa shape index (κ1) is 26.3. The number of piperazine rings is 1. The van der Waals surface area contributed by atoms with Crippen LogP contribution < -0.4 is 30.3 Å². The lowest BCUT2D eigenvalue weighted by Gasteiger charge is -2.35. The molecule has 10 nitrogen and oxygen atoms in total. The van der Waals surface area contributed by atoms with E-state index in [2.05, 4.69) is 42.8 Å². The van der Waals surface area contributed by atoms with Gasteiger partial charge in [-0.05, 0) is 24.7 Å². The van der Waals surface area contributed by atoms with Crippen LogP contribution in [0.15, 0.2) is 42.6 Å². The summed E-state index contributed by atoms with van der Waals surface area (Å²) >= 11 is 6.36. The van der Waals surface area contributed by atoms with Gasteiger partial charge in [0.25, 0.3) is 0 Å². The van der Waals surface area contributed by atoms with E-state index in [0.717, 1.165) is 48.9 Å². The molecule has 37 heavy (non-hydrogen) atoms. The van der Waals surface area contributed by atoms with E-state index in [1.165, 1.54) is 13.1 Å². The van der Waals surface area contributed by atoms with Crippen molar-refractivity contribution in [2.75, 3.05) is 68.3 Å². The molecule has 2 aromatic carbocycles. The van der Waals surface area contributed by atoms with Crippen molar-refractivity contribution in [2.45, 2.75) is 13.5 Å². The smallest absolute Gasteiger partial charge is 0.229 e. The number of nitrogens with one attached hydrogen (secondary N) is 3. The fraction of sp³-hybridized carbons (Fsp3) is 0.346. The highest BCUT2D eigenvalue weighted by Gasteiger charge is 2.21. The van der Waals surface area contributed by atoms with Crippen molar-refractivity contribution in [3.63, 3.8) is 0 Å². The summed E-state index contributed by atoms with van der Waals surface area (Å²) in [4.78, 5) is 24.8. The summed E-state index contributed by atoms with van der Waals surface area (Å²) in [5.74, 6) is 2.09. The third-order valence-corrected chi connectivity index (χ3v) is 6.32. The Kier molecular flexibility index (Phi) is 8.52. The zero-order valence-electron chi connectivity index (χ0n) is 21.5. The van der Waals surface area contributed by atoms with Gasteiger partial charge in [-0.1, -0.05) is 23.7 Å². The first-order chi connectivity index (χ1) is 17.9. The molecule has 0 atom stereocenters. The van der Waals surface area contributed by atoms with Crippen LogP contribution >= 0.6 is 11.6 Å². The lowest BCUT2D eigenvalue weighted by molar-refractivity contribution is -0.114. The van der Waals surface area contributed by atoms with E-state index in [-0.39, 0.29) is 5.91 Å². The SMILES string of the molecule is COc1cc(N2CCN(C)CC2)c(OC)cc1Nc1ncc(Cl)c(NCc2cccc(NC(C)=O)c2)n1. The Bertz CT molecular complexity index is 1250. The molecule has 196 valence electrons. The van der Waals surface area contributed by atoms with Crippen LogP contribution in [-0.2, 0) is 11.3 Å². The minimum absolute atomic E-state index is 0.122. The maximum Gasteiger partial charge on any atom is 0.229 e. The highest BCUT2D eigenvalue weighted by Crippen LogP contribution is 2.40. The molecule has 1 amide bonds. The average molecular weight is 526 g/mol. The summed E-state index contributed by atoms with van der Waals surface area (Å²) in [6, 6.07) is 11.4. The number of likely N-dealkylation sites (N-methyl/N-ethyl adjacent to an activating group) is 1. The summed E-state index contributed by atoms with van der Waals surface area (Å²) in [5, 5.41) is 9.64. The number of nitrogens with zero attached hydrogens (tertiary/aromatic N) is 4. The first-order valence-corrected chi connectivity index (χ1v) is 12.3. The Hall–Kier alpha value is -3.76. The fourth-order valence-corrected chi connectivity index (χ4v) is 4.25. The zero-order chi connectivity index (χ0) is 26.4. The highest BCUT2D eigenvalue weighted by atomic mass is 35.5. The Morgan fingerprint density at radius 1 is 1.08 bits per heavy atom. The van der Waals surface area contributed by atoms with Crippen molar-refractivity contribution >= 4 is 46.3 Å². The molecule has 11 heteroatoms. The molecule has 3 aromatic rings.